The van der Waals surface area contributed by atoms with Crippen molar-refractivity contribution < 1.29 is 0 Å². The molecule has 112 valence electrons. The van der Waals surface area contributed by atoms with Gasteiger partial charge < -0.3 is 5.32 Å². The van der Waals surface area contributed by atoms with Crippen LogP contribution in [-0.2, 0) is 0 Å². The van der Waals surface area contributed by atoms with Crippen LogP contribution in [-0.4, -0.2) is 31.6 Å². The molecule has 1 fully saturated rings. The molecule has 20 heavy (non-hydrogen) atoms. The fourth-order valence-electron chi connectivity index (χ4n) is 3.50. The van der Waals surface area contributed by atoms with Crippen LogP contribution in [0.5, 0.6) is 0 Å². The molecule has 2 unspecified atom stereocenters. The van der Waals surface area contributed by atoms with Gasteiger partial charge in [-0.15, -0.1) is 0 Å². The first-order valence-electron chi connectivity index (χ1n) is 7.82. The molecule has 3 heteroatoms. The molecule has 1 saturated heterocycles. The van der Waals surface area contributed by atoms with E-state index in [9.17, 15) is 0 Å². The number of benzene rings is 1. The second-order valence-corrected chi connectivity index (χ2v) is 6.80. The summed E-state index contributed by atoms with van der Waals surface area (Å²) in [5.74, 6) is 0.723. The highest BCUT2D eigenvalue weighted by Crippen LogP contribution is 2.37. The van der Waals surface area contributed by atoms with Crippen molar-refractivity contribution in [3.63, 3.8) is 0 Å². The molecule has 1 aliphatic rings. The zero-order chi connectivity index (χ0) is 14.5. The van der Waals surface area contributed by atoms with Crippen LogP contribution in [0.3, 0.4) is 0 Å². The van der Waals surface area contributed by atoms with Crippen molar-refractivity contribution in [1.29, 1.82) is 0 Å². The van der Waals surface area contributed by atoms with Crippen molar-refractivity contribution in [3.8, 4) is 0 Å². The molecule has 0 spiro atoms. The normalized spacial score (nSPS) is 24.0. The minimum atomic E-state index is 0.572. The maximum absolute atomic E-state index is 3.62. The number of likely N-dealkylation sites (tertiary alicyclic amines) is 1. The summed E-state index contributed by atoms with van der Waals surface area (Å²) in [5.41, 5.74) is 2.83. The van der Waals surface area contributed by atoms with Gasteiger partial charge in [-0.1, -0.05) is 35.0 Å². The molecule has 2 rings (SSSR count). The maximum atomic E-state index is 3.62. The van der Waals surface area contributed by atoms with Gasteiger partial charge in [0.25, 0.3) is 0 Å². The Kier molecular flexibility index (Phi) is 6.06. The van der Waals surface area contributed by atoms with E-state index in [1.54, 1.807) is 0 Å². The van der Waals surface area contributed by atoms with E-state index in [0.29, 0.717) is 6.04 Å². The van der Waals surface area contributed by atoms with Crippen molar-refractivity contribution >= 4 is 15.9 Å². The summed E-state index contributed by atoms with van der Waals surface area (Å²) in [6.07, 6.45) is 3.90. The number of halogens is 1. The molecule has 0 saturated carbocycles. The number of nitrogens with one attached hydrogen (secondary N) is 1. The number of rotatable bonds is 5. The van der Waals surface area contributed by atoms with E-state index in [0.717, 1.165) is 12.5 Å². The Bertz CT molecular complexity index is 415. The van der Waals surface area contributed by atoms with E-state index in [1.165, 1.54) is 48.0 Å². The van der Waals surface area contributed by atoms with E-state index in [2.05, 4.69) is 65.2 Å². The lowest BCUT2D eigenvalue weighted by Crippen LogP contribution is -2.42. The standard InChI is InChI=1S/C17H27BrN2/c1-4-9-20-10-5-6-15(12-19-3)17(20)14-7-8-16(18)13(2)11-14/h7-8,11,15,17,19H,4-6,9-10,12H2,1-3H3. The van der Waals surface area contributed by atoms with Gasteiger partial charge >= 0.3 is 0 Å². The number of hydrogen-bond donors (Lipinski definition) is 1. The fourth-order valence-corrected chi connectivity index (χ4v) is 3.75. The first kappa shape index (κ1) is 16.0. The van der Waals surface area contributed by atoms with Crippen LogP contribution in [0.1, 0.15) is 43.4 Å². The molecule has 0 amide bonds. The molecule has 1 N–H and O–H groups in total. The average molecular weight is 339 g/mol. The number of nitrogens with zero attached hydrogens (tertiary/aromatic N) is 1. The molecular formula is C17H27BrN2. The summed E-state index contributed by atoms with van der Waals surface area (Å²) < 4.78 is 1.21. The Morgan fingerprint density at radius 2 is 2.20 bits per heavy atom. The van der Waals surface area contributed by atoms with Crippen LogP contribution >= 0.6 is 15.9 Å². The molecule has 0 aliphatic carbocycles. The maximum Gasteiger partial charge on any atom is 0.0388 e. The van der Waals surface area contributed by atoms with Gasteiger partial charge in [0.1, 0.15) is 0 Å². The largest absolute Gasteiger partial charge is 0.319 e. The summed E-state index contributed by atoms with van der Waals surface area (Å²) in [7, 11) is 2.07. The molecule has 2 atom stereocenters. The molecule has 0 radical (unpaired) electrons. The fraction of sp³-hybridized carbons (Fsp3) is 0.647. The van der Waals surface area contributed by atoms with Gasteiger partial charge in [-0.2, -0.15) is 0 Å². The molecule has 1 aromatic rings. The summed E-state index contributed by atoms with van der Waals surface area (Å²) in [6.45, 7) is 8.03. The summed E-state index contributed by atoms with van der Waals surface area (Å²) >= 11 is 3.62. The van der Waals surface area contributed by atoms with Crippen molar-refractivity contribution in [1.82, 2.24) is 10.2 Å². The third-order valence-corrected chi connectivity index (χ3v) is 5.25. The van der Waals surface area contributed by atoms with Gasteiger partial charge in [0.15, 0.2) is 0 Å². The van der Waals surface area contributed by atoms with Gasteiger partial charge in [-0.05, 0) is 76.0 Å². The zero-order valence-electron chi connectivity index (χ0n) is 13.0. The Hall–Kier alpha value is -0.380. The number of aryl methyl sites for hydroxylation is 1. The Balaban J connectivity index is 2.29. The van der Waals surface area contributed by atoms with Crippen LogP contribution in [0.25, 0.3) is 0 Å². The van der Waals surface area contributed by atoms with Crippen LogP contribution in [0.2, 0.25) is 0 Å². The van der Waals surface area contributed by atoms with E-state index in [-0.39, 0.29) is 0 Å². The quantitative estimate of drug-likeness (QED) is 0.867. The van der Waals surface area contributed by atoms with Gasteiger partial charge in [-0.3, -0.25) is 4.90 Å². The molecule has 1 heterocycles. The summed E-state index contributed by atoms with van der Waals surface area (Å²) in [6, 6.07) is 7.45. The first-order chi connectivity index (χ1) is 9.67. The topological polar surface area (TPSA) is 15.3 Å². The van der Waals surface area contributed by atoms with E-state index in [4.69, 9.17) is 0 Å². The smallest absolute Gasteiger partial charge is 0.0388 e. The van der Waals surface area contributed by atoms with Gasteiger partial charge in [0, 0.05) is 10.5 Å². The molecule has 1 aliphatic heterocycles. The van der Waals surface area contributed by atoms with Gasteiger partial charge in [-0.25, -0.2) is 0 Å². The van der Waals surface area contributed by atoms with Crippen LogP contribution < -0.4 is 5.32 Å². The zero-order valence-corrected chi connectivity index (χ0v) is 14.5. The van der Waals surface area contributed by atoms with Crippen molar-refractivity contribution in [2.24, 2.45) is 5.92 Å². The van der Waals surface area contributed by atoms with Crippen LogP contribution in [0, 0.1) is 12.8 Å². The molecule has 1 aromatic carbocycles. The molecular weight excluding hydrogens is 312 g/mol. The van der Waals surface area contributed by atoms with Crippen LogP contribution in [0.4, 0.5) is 0 Å². The van der Waals surface area contributed by atoms with E-state index in [1.807, 2.05) is 0 Å². The Morgan fingerprint density at radius 1 is 1.40 bits per heavy atom. The molecule has 0 bridgehead atoms. The SMILES string of the molecule is CCCN1CCCC(CNC)C1c1ccc(Br)c(C)c1. The lowest BCUT2D eigenvalue weighted by atomic mass is 9.84. The summed E-state index contributed by atoms with van der Waals surface area (Å²) in [4.78, 5) is 2.69. The average Bonchev–Trinajstić information content (AvgIpc) is 2.43. The Morgan fingerprint density at radius 3 is 2.85 bits per heavy atom. The van der Waals surface area contributed by atoms with Gasteiger partial charge in [0.05, 0.1) is 0 Å². The highest BCUT2D eigenvalue weighted by molar-refractivity contribution is 9.10. The molecule has 2 nitrogen and oxygen atoms in total. The third kappa shape index (κ3) is 3.63. The Labute approximate surface area is 132 Å². The van der Waals surface area contributed by atoms with E-state index < -0.39 is 0 Å². The highest BCUT2D eigenvalue weighted by atomic mass is 79.9. The number of hydrogen-bond acceptors (Lipinski definition) is 2. The van der Waals surface area contributed by atoms with Crippen molar-refractivity contribution in [3.05, 3.63) is 33.8 Å². The lowest BCUT2D eigenvalue weighted by Gasteiger charge is -2.42. The highest BCUT2D eigenvalue weighted by Gasteiger charge is 2.31. The lowest BCUT2D eigenvalue weighted by molar-refractivity contribution is 0.0924. The predicted molar refractivity (Wildman–Crippen MR) is 90.1 cm³/mol. The second kappa shape index (κ2) is 7.58. The monoisotopic (exact) mass is 338 g/mol. The van der Waals surface area contributed by atoms with E-state index >= 15 is 0 Å². The first-order valence-corrected chi connectivity index (χ1v) is 8.61. The minimum Gasteiger partial charge on any atom is -0.319 e. The number of piperidine rings is 1. The van der Waals surface area contributed by atoms with Gasteiger partial charge in [0.2, 0.25) is 0 Å². The molecule has 0 aromatic heterocycles. The second-order valence-electron chi connectivity index (χ2n) is 5.95. The third-order valence-electron chi connectivity index (χ3n) is 4.36. The predicted octanol–water partition coefficient (Wildman–Crippen LogP) is 4.14. The summed E-state index contributed by atoms with van der Waals surface area (Å²) in [5, 5.41) is 3.39. The minimum absolute atomic E-state index is 0.572. The van der Waals surface area contributed by atoms with Crippen LogP contribution in [0.15, 0.2) is 22.7 Å². The van der Waals surface area contributed by atoms with Crippen molar-refractivity contribution in [2.45, 2.75) is 39.2 Å². The van der Waals surface area contributed by atoms with Crippen molar-refractivity contribution in [2.75, 3.05) is 26.7 Å².